The number of allylic oxidation sites excluding steroid dienone is 1. The molecule has 1 rings (SSSR count). The maximum absolute atomic E-state index is 10.8. The molecule has 0 saturated carbocycles. The van der Waals surface area contributed by atoms with Crippen molar-refractivity contribution >= 4 is 20.7 Å². The van der Waals surface area contributed by atoms with Crippen molar-refractivity contribution in [2.45, 2.75) is 91.5 Å². The molecule has 0 bridgehead atoms. The van der Waals surface area contributed by atoms with E-state index in [2.05, 4.69) is 64.8 Å². The van der Waals surface area contributed by atoms with E-state index in [1.54, 1.807) is 0 Å². The Morgan fingerprint density at radius 3 is 2.48 bits per heavy atom. The van der Waals surface area contributed by atoms with Gasteiger partial charge < -0.3 is 9.22 Å². The third-order valence-electron chi connectivity index (χ3n) is 5.96. The molecule has 162 valence electrons. The standard InChI is InChI=1S/C25H41NO2Si/c1-20(12-11-13-21(2)19-27)15-16-24(28-29(7,8)25(4,5)6)22(3)18-23-14-9-10-17-26-23/h9-10,14-15,17-19,21,24H,11-13,16H2,1-8H3/t21-,24-/m0/s1. The van der Waals surface area contributed by atoms with E-state index in [4.69, 9.17) is 4.43 Å². The molecule has 0 spiro atoms. The molecule has 0 aromatic carbocycles. The van der Waals surface area contributed by atoms with Crippen molar-refractivity contribution in [3.63, 3.8) is 0 Å². The first kappa shape index (κ1) is 25.5. The van der Waals surface area contributed by atoms with Gasteiger partial charge in [0.05, 0.1) is 11.8 Å². The molecule has 0 saturated heterocycles. The summed E-state index contributed by atoms with van der Waals surface area (Å²) in [5.74, 6) is 0.154. The van der Waals surface area contributed by atoms with Crippen LogP contribution in [0.15, 0.2) is 41.6 Å². The van der Waals surface area contributed by atoms with E-state index >= 15 is 0 Å². The van der Waals surface area contributed by atoms with Gasteiger partial charge in [-0.2, -0.15) is 0 Å². The first-order valence-corrected chi connectivity index (χ1v) is 13.7. The van der Waals surface area contributed by atoms with Gasteiger partial charge in [-0.3, -0.25) is 4.98 Å². The summed E-state index contributed by atoms with van der Waals surface area (Å²) in [6, 6.07) is 5.98. The topological polar surface area (TPSA) is 39.2 Å². The second-order valence-electron chi connectivity index (χ2n) is 9.80. The molecule has 3 nitrogen and oxygen atoms in total. The van der Waals surface area contributed by atoms with Crippen LogP contribution in [0.3, 0.4) is 0 Å². The highest BCUT2D eigenvalue weighted by atomic mass is 28.4. The summed E-state index contributed by atoms with van der Waals surface area (Å²) in [4.78, 5) is 15.2. The Balaban J connectivity index is 2.94. The van der Waals surface area contributed by atoms with Crippen LogP contribution in [0.1, 0.15) is 72.9 Å². The molecule has 29 heavy (non-hydrogen) atoms. The summed E-state index contributed by atoms with van der Waals surface area (Å²) in [6.45, 7) is 17.8. The molecule has 0 fully saturated rings. The number of carbonyl (C=O) groups is 1. The van der Waals surface area contributed by atoms with Crippen LogP contribution in [-0.2, 0) is 9.22 Å². The molecule has 1 aromatic rings. The maximum Gasteiger partial charge on any atom is 0.192 e. The molecule has 0 aliphatic carbocycles. The Kier molecular flexibility index (Phi) is 10.2. The summed E-state index contributed by atoms with van der Waals surface area (Å²) in [6.07, 6.45) is 11.3. The van der Waals surface area contributed by atoms with Crippen LogP contribution in [0.5, 0.6) is 0 Å². The van der Waals surface area contributed by atoms with Crippen molar-refractivity contribution < 1.29 is 9.22 Å². The Labute approximate surface area is 179 Å². The van der Waals surface area contributed by atoms with Crippen molar-refractivity contribution in [2.24, 2.45) is 5.92 Å². The van der Waals surface area contributed by atoms with Crippen LogP contribution < -0.4 is 0 Å². The predicted molar refractivity (Wildman–Crippen MR) is 127 cm³/mol. The number of hydrogen-bond acceptors (Lipinski definition) is 3. The van der Waals surface area contributed by atoms with Gasteiger partial charge >= 0.3 is 0 Å². The molecule has 1 heterocycles. The molecule has 0 aliphatic rings. The van der Waals surface area contributed by atoms with Crippen molar-refractivity contribution in [1.82, 2.24) is 4.98 Å². The minimum Gasteiger partial charge on any atom is -0.410 e. The fraction of sp³-hybridized carbons (Fsp3) is 0.600. The highest BCUT2D eigenvalue weighted by Gasteiger charge is 2.39. The van der Waals surface area contributed by atoms with E-state index in [0.717, 1.165) is 37.7 Å². The zero-order valence-electron chi connectivity index (χ0n) is 19.8. The Morgan fingerprint density at radius 1 is 1.24 bits per heavy atom. The average Bonchev–Trinajstić information content (AvgIpc) is 2.64. The van der Waals surface area contributed by atoms with Gasteiger partial charge in [0.25, 0.3) is 0 Å². The fourth-order valence-corrected chi connectivity index (χ4v) is 4.18. The van der Waals surface area contributed by atoms with Gasteiger partial charge in [-0.1, -0.05) is 45.4 Å². The van der Waals surface area contributed by atoms with Crippen molar-refractivity contribution in [1.29, 1.82) is 0 Å². The highest BCUT2D eigenvalue weighted by Crippen LogP contribution is 2.38. The Bertz CT molecular complexity index is 687. The molecule has 0 amide bonds. The Hall–Kier alpha value is -1.52. The van der Waals surface area contributed by atoms with Crippen molar-refractivity contribution in [3.05, 3.63) is 47.3 Å². The van der Waals surface area contributed by atoms with E-state index in [0.29, 0.717) is 0 Å². The molecule has 4 heteroatoms. The fourth-order valence-electron chi connectivity index (χ4n) is 2.83. The summed E-state index contributed by atoms with van der Waals surface area (Å²) < 4.78 is 6.80. The quantitative estimate of drug-likeness (QED) is 0.217. The number of aromatic nitrogens is 1. The summed E-state index contributed by atoms with van der Waals surface area (Å²) in [5, 5.41) is 0.167. The molecule has 0 N–H and O–H groups in total. The van der Waals surface area contributed by atoms with Gasteiger partial charge in [0.15, 0.2) is 8.32 Å². The molecule has 2 atom stereocenters. The maximum atomic E-state index is 10.8. The number of rotatable bonds is 11. The van der Waals surface area contributed by atoms with Crippen molar-refractivity contribution in [3.8, 4) is 0 Å². The molecule has 1 aromatic heterocycles. The summed E-state index contributed by atoms with van der Waals surface area (Å²) >= 11 is 0. The van der Waals surface area contributed by atoms with Gasteiger partial charge in [-0.15, -0.1) is 0 Å². The third kappa shape index (κ3) is 9.22. The lowest BCUT2D eigenvalue weighted by atomic mass is 10.0. The first-order chi connectivity index (χ1) is 13.5. The molecule has 0 aliphatic heterocycles. The molecule has 0 unspecified atom stereocenters. The monoisotopic (exact) mass is 415 g/mol. The lowest BCUT2D eigenvalue weighted by Gasteiger charge is -2.39. The minimum absolute atomic E-state index is 0.0572. The van der Waals surface area contributed by atoms with Gasteiger partial charge in [0.1, 0.15) is 6.29 Å². The van der Waals surface area contributed by atoms with E-state index in [1.807, 2.05) is 31.3 Å². The number of pyridine rings is 1. The summed E-state index contributed by atoms with van der Waals surface area (Å²) in [7, 11) is -1.89. The van der Waals surface area contributed by atoms with Gasteiger partial charge in [0.2, 0.25) is 0 Å². The van der Waals surface area contributed by atoms with Crippen LogP contribution in [0, 0.1) is 5.92 Å². The normalized spacial score (nSPS) is 15.9. The molecule has 0 radical (unpaired) electrons. The number of aldehydes is 1. The first-order valence-electron chi connectivity index (χ1n) is 10.8. The molecular weight excluding hydrogens is 374 g/mol. The third-order valence-corrected chi connectivity index (χ3v) is 10.4. The largest absolute Gasteiger partial charge is 0.410 e. The van der Waals surface area contributed by atoms with Crippen LogP contribution in [0.4, 0.5) is 0 Å². The average molecular weight is 416 g/mol. The molecular formula is C25H41NO2Si. The smallest absolute Gasteiger partial charge is 0.192 e. The van der Waals surface area contributed by atoms with E-state index < -0.39 is 8.32 Å². The van der Waals surface area contributed by atoms with Gasteiger partial charge in [0, 0.05) is 12.1 Å². The number of nitrogens with zero attached hydrogens (tertiary/aromatic N) is 1. The van der Waals surface area contributed by atoms with Crippen LogP contribution in [0.25, 0.3) is 6.08 Å². The zero-order valence-corrected chi connectivity index (χ0v) is 20.8. The Morgan fingerprint density at radius 2 is 1.93 bits per heavy atom. The van der Waals surface area contributed by atoms with E-state index in [9.17, 15) is 4.79 Å². The lowest BCUT2D eigenvalue weighted by Crippen LogP contribution is -2.44. The predicted octanol–water partition coefficient (Wildman–Crippen LogP) is 7.22. The van der Waals surface area contributed by atoms with Crippen molar-refractivity contribution in [2.75, 3.05) is 0 Å². The van der Waals surface area contributed by atoms with E-state index in [-0.39, 0.29) is 17.1 Å². The SMILES string of the molecule is CC(=CC[C@H](O[Si](C)(C)C(C)(C)C)C(C)=Cc1ccccn1)CCC[C@H](C)C=O. The summed E-state index contributed by atoms with van der Waals surface area (Å²) in [5.41, 5.74) is 3.56. The lowest BCUT2D eigenvalue weighted by molar-refractivity contribution is -0.110. The van der Waals surface area contributed by atoms with Gasteiger partial charge in [-0.05, 0) is 81.4 Å². The number of hydrogen-bond donors (Lipinski definition) is 0. The van der Waals surface area contributed by atoms with Gasteiger partial charge in [-0.25, -0.2) is 0 Å². The zero-order chi connectivity index (χ0) is 22.1. The number of carbonyl (C=O) groups excluding carboxylic acids is 1. The highest BCUT2D eigenvalue weighted by molar-refractivity contribution is 6.74. The van der Waals surface area contributed by atoms with Crippen LogP contribution >= 0.6 is 0 Å². The van der Waals surface area contributed by atoms with Crippen LogP contribution in [0.2, 0.25) is 18.1 Å². The van der Waals surface area contributed by atoms with Crippen LogP contribution in [-0.4, -0.2) is 25.7 Å². The minimum atomic E-state index is -1.89. The second kappa shape index (κ2) is 11.6. The second-order valence-corrected chi connectivity index (χ2v) is 14.6. The van der Waals surface area contributed by atoms with E-state index in [1.165, 1.54) is 11.1 Å².